The van der Waals surface area contributed by atoms with Gasteiger partial charge in [0.25, 0.3) is 0 Å². The van der Waals surface area contributed by atoms with Crippen molar-refractivity contribution in [2.24, 2.45) is 0 Å². The molecule has 1 fully saturated rings. The first-order chi connectivity index (χ1) is 21.1. The van der Waals surface area contributed by atoms with Crippen LogP contribution in [0.2, 0.25) is 0 Å². The van der Waals surface area contributed by atoms with E-state index in [2.05, 4.69) is 54.9 Å². The molecule has 0 spiro atoms. The molecule has 0 saturated carbocycles. The second-order valence-electron chi connectivity index (χ2n) is 11.1. The first-order valence-electron chi connectivity index (χ1n) is 14.4. The number of hydrogen-bond acceptors (Lipinski definition) is 9. The molecule has 0 bridgehead atoms. The maximum absolute atomic E-state index is 12.6. The Balaban J connectivity index is 0.00000461. The molecule has 1 aliphatic heterocycles. The van der Waals surface area contributed by atoms with Crippen LogP contribution in [0.4, 0.5) is 39.3 Å². The standard InChI is InChI=1S/C32H38N8O3S.ClH/c1-38-18-20-40(21-19-38)22-24-4-8-27(9-5-24)35-32(41)36-28-12-14-29(15-13-28)39(2)30-16-17-33-31(37-30)34-26-10-6-25(7-11-26)23-44(3,42)43;/h4-17H,18-23H2,1-3H3,(H,33,34,37)(H2,35,36,41);1H. The average Bonchev–Trinajstić information content (AvgIpc) is 3.00. The Bertz CT molecular complexity index is 1660. The predicted molar refractivity (Wildman–Crippen MR) is 184 cm³/mol. The summed E-state index contributed by atoms with van der Waals surface area (Å²) in [4.78, 5) is 28.2. The second-order valence-corrected chi connectivity index (χ2v) is 13.2. The zero-order chi connectivity index (χ0) is 31.1. The Kier molecular flexibility index (Phi) is 11.3. The van der Waals surface area contributed by atoms with Crippen LogP contribution in [0, 0.1) is 0 Å². The summed E-state index contributed by atoms with van der Waals surface area (Å²) in [6, 6.07) is 24.1. The van der Waals surface area contributed by atoms with Gasteiger partial charge in [-0.1, -0.05) is 24.3 Å². The van der Waals surface area contributed by atoms with Crippen LogP contribution < -0.4 is 20.9 Å². The van der Waals surface area contributed by atoms with Crippen molar-refractivity contribution in [3.8, 4) is 0 Å². The number of amides is 2. The molecule has 3 N–H and O–H groups in total. The third-order valence-corrected chi connectivity index (χ3v) is 8.21. The molecular weight excluding hydrogens is 612 g/mol. The number of carbonyl (C=O) groups excluding carboxylic acids is 1. The number of anilines is 6. The third-order valence-electron chi connectivity index (χ3n) is 7.35. The lowest BCUT2D eigenvalue weighted by Gasteiger charge is -2.32. The molecule has 0 atom stereocenters. The molecule has 3 aromatic carbocycles. The summed E-state index contributed by atoms with van der Waals surface area (Å²) in [5.41, 5.74) is 4.97. The van der Waals surface area contributed by atoms with Crippen LogP contribution in [0.25, 0.3) is 0 Å². The van der Waals surface area contributed by atoms with Gasteiger partial charge in [0.1, 0.15) is 5.82 Å². The van der Waals surface area contributed by atoms with Crippen molar-refractivity contribution in [1.82, 2.24) is 19.8 Å². The van der Waals surface area contributed by atoms with Gasteiger partial charge < -0.3 is 25.8 Å². The number of nitrogens with zero attached hydrogens (tertiary/aromatic N) is 5. The summed E-state index contributed by atoms with van der Waals surface area (Å²) in [7, 11) is 0.956. The first-order valence-corrected chi connectivity index (χ1v) is 16.4. The molecule has 13 heteroatoms. The molecule has 1 aromatic heterocycles. The number of aromatic nitrogens is 2. The number of carbonyl (C=O) groups is 1. The van der Waals surface area contributed by atoms with Crippen LogP contribution in [0.15, 0.2) is 85.1 Å². The fourth-order valence-corrected chi connectivity index (χ4v) is 5.66. The van der Waals surface area contributed by atoms with Gasteiger partial charge >= 0.3 is 6.03 Å². The SMILES string of the molecule is CN1CCN(Cc2ccc(NC(=O)Nc3ccc(N(C)c4ccnc(Nc5ccc(CS(C)(=O)=O)cc5)n4)cc3)cc2)CC1.Cl. The molecule has 2 amide bonds. The minimum absolute atomic E-state index is 0. The van der Waals surface area contributed by atoms with Gasteiger partial charge in [-0.25, -0.2) is 18.2 Å². The summed E-state index contributed by atoms with van der Waals surface area (Å²) >= 11 is 0. The van der Waals surface area contributed by atoms with E-state index in [0.29, 0.717) is 23.0 Å². The first kappa shape index (κ1) is 33.7. The number of sulfone groups is 1. The van der Waals surface area contributed by atoms with E-state index in [1.807, 2.05) is 48.3 Å². The fraction of sp³-hybridized carbons (Fsp3) is 0.281. The van der Waals surface area contributed by atoms with E-state index in [0.717, 1.165) is 49.8 Å². The summed E-state index contributed by atoms with van der Waals surface area (Å²) in [6.45, 7) is 5.22. The highest BCUT2D eigenvalue weighted by Gasteiger charge is 2.14. The molecule has 5 rings (SSSR count). The lowest BCUT2D eigenvalue weighted by molar-refractivity contribution is 0.148. The Labute approximate surface area is 271 Å². The van der Waals surface area contributed by atoms with Crippen LogP contribution in [-0.2, 0) is 22.1 Å². The smallest absolute Gasteiger partial charge is 0.323 e. The average molecular weight is 651 g/mol. The molecule has 0 radical (unpaired) electrons. The van der Waals surface area contributed by atoms with E-state index in [-0.39, 0.29) is 24.2 Å². The molecule has 45 heavy (non-hydrogen) atoms. The van der Waals surface area contributed by atoms with E-state index in [1.54, 1.807) is 36.5 Å². The molecule has 1 saturated heterocycles. The maximum Gasteiger partial charge on any atom is 0.323 e. The highest BCUT2D eigenvalue weighted by molar-refractivity contribution is 7.89. The predicted octanol–water partition coefficient (Wildman–Crippen LogP) is 5.35. The van der Waals surface area contributed by atoms with Gasteiger partial charge in [0.2, 0.25) is 5.95 Å². The Morgan fingerprint density at radius 3 is 1.98 bits per heavy atom. The zero-order valence-electron chi connectivity index (χ0n) is 25.6. The molecule has 0 aliphatic carbocycles. The highest BCUT2D eigenvalue weighted by atomic mass is 35.5. The van der Waals surface area contributed by atoms with Gasteiger partial charge in [0.15, 0.2) is 9.84 Å². The number of piperazine rings is 1. The monoisotopic (exact) mass is 650 g/mol. The minimum atomic E-state index is -3.10. The van der Waals surface area contributed by atoms with Crippen LogP contribution in [0.1, 0.15) is 11.1 Å². The van der Waals surface area contributed by atoms with Crippen molar-refractivity contribution in [3.63, 3.8) is 0 Å². The molecule has 1 aliphatic rings. The van der Waals surface area contributed by atoms with E-state index >= 15 is 0 Å². The Hall–Kier alpha value is -4.23. The van der Waals surface area contributed by atoms with E-state index in [9.17, 15) is 13.2 Å². The highest BCUT2D eigenvalue weighted by Crippen LogP contribution is 2.25. The summed E-state index contributed by atoms with van der Waals surface area (Å²) < 4.78 is 23.1. The van der Waals surface area contributed by atoms with Crippen LogP contribution in [0.5, 0.6) is 0 Å². The molecule has 0 unspecified atom stereocenters. The molecular formula is C32H39ClN8O3S. The summed E-state index contributed by atoms with van der Waals surface area (Å²) in [5.74, 6) is 1.08. The molecule has 4 aromatic rings. The topological polar surface area (TPSA) is 123 Å². The largest absolute Gasteiger partial charge is 0.329 e. The van der Waals surface area contributed by atoms with Crippen molar-refractivity contribution in [2.45, 2.75) is 12.3 Å². The van der Waals surface area contributed by atoms with E-state index < -0.39 is 9.84 Å². The van der Waals surface area contributed by atoms with Crippen LogP contribution in [0.3, 0.4) is 0 Å². The summed E-state index contributed by atoms with van der Waals surface area (Å²) in [5, 5.41) is 8.94. The van der Waals surface area contributed by atoms with Gasteiger partial charge in [-0.15, -0.1) is 12.4 Å². The number of rotatable bonds is 10. The lowest BCUT2D eigenvalue weighted by Crippen LogP contribution is -2.43. The van der Waals surface area contributed by atoms with Gasteiger partial charge in [0, 0.05) is 75.0 Å². The Morgan fingerprint density at radius 1 is 0.822 bits per heavy atom. The van der Waals surface area contributed by atoms with Gasteiger partial charge in [-0.05, 0) is 72.8 Å². The molecule has 238 valence electrons. The van der Waals surface area contributed by atoms with Crippen molar-refractivity contribution in [1.29, 1.82) is 0 Å². The zero-order valence-corrected chi connectivity index (χ0v) is 27.2. The van der Waals surface area contributed by atoms with Crippen molar-refractivity contribution in [2.75, 3.05) is 67.4 Å². The number of halogens is 1. The second kappa shape index (κ2) is 15.2. The number of benzene rings is 3. The number of likely N-dealkylation sites (N-methyl/N-ethyl adjacent to an activating group) is 1. The normalized spacial score (nSPS) is 13.8. The fourth-order valence-electron chi connectivity index (χ4n) is 4.86. The third kappa shape index (κ3) is 10.1. The van der Waals surface area contributed by atoms with E-state index in [4.69, 9.17) is 0 Å². The van der Waals surface area contributed by atoms with Crippen molar-refractivity contribution in [3.05, 3.63) is 96.2 Å². The molecule has 2 heterocycles. The number of urea groups is 1. The van der Waals surface area contributed by atoms with Gasteiger partial charge in [0.05, 0.1) is 5.75 Å². The van der Waals surface area contributed by atoms with Crippen molar-refractivity contribution < 1.29 is 13.2 Å². The lowest BCUT2D eigenvalue weighted by atomic mass is 10.2. The van der Waals surface area contributed by atoms with E-state index in [1.165, 1.54) is 11.8 Å². The number of nitrogens with one attached hydrogen (secondary N) is 3. The van der Waals surface area contributed by atoms with Crippen molar-refractivity contribution >= 4 is 62.8 Å². The Morgan fingerprint density at radius 2 is 1.38 bits per heavy atom. The van der Waals surface area contributed by atoms with Gasteiger partial charge in [-0.3, -0.25) is 4.90 Å². The molecule has 11 nitrogen and oxygen atoms in total. The minimum Gasteiger partial charge on any atom is -0.329 e. The van der Waals surface area contributed by atoms with Gasteiger partial charge in [-0.2, -0.15) is 4.98 Å². The van der Waals surface area contributed by atoms with Crippen LogP contribution >= 0.6 is 12.4 Å². The number of hydrogen-bond donors (Lipinski definition) is 3. The van der Waals surface area contributed by atoms with Crippen LogP contribution in [-0.4, -0.2) is 80.7 Å². The quantitative estimate of drug-likeness (QED) is 0.209. The summed E-state index contributed by atoms with van der Waals surface area (Å²) in [6.07, 6.45) is 2.88. The maximum atomic E-state index is 12.6.